The number of amides is 3. The van der Waals surface area contributed by atoms with E-state index in [1.54, 1.807) is 75.4 Å². The summed E-state index contributed by atoms with van der Waals surface area (Å²) >= 11 is 0. The molecule has 1 heterocycles. The summed E-state index contributed by atoms with van der Waals surface area (Å²) in [5.74, 6) is -3.32. The van der Waals surface area contributed by atoms with E-state index in [0.29, 0.717) is 24.0 Å². The molecule has 44 heavy (non-hydrogen) atoms. The molecule has 0 aliphatic carbocycles. The number of carbonyl (C=O) groups excluding carboxylic acids is 4. The summed E-state index contributed by atoms with van der Waals surface area (Å²) in [4.78, 5) is 65.0. The molecular formula is C32H41N3O9. The highest BCUT2D eigenvalue weighted by molar-refractivity contribution is 5.90. The van der Waals surface area contributed by atoms with Crippen molar-refractivity contribution >= 4 is 29.8 Å². The van der Waals surface area contributed by atoms with Crippen LogP contribution in [0.1, 0.15) is 57.6 Å². The zero-order valence-electron chi connectivity index (χ0n) is 25.2. The number of carbonyl (C=O) groups is 5. The third-order valence-corrected chi connectivity index (χ3v) is 6.94. The van der Waals surface area contributed by atoms with Crippen LogP contribution in [0.25, 0.3) is 0 Å². The standard InChI is InChI=1S/C32H41N3O9/c1-32(2,3)44-30(41)25-15-10-18-35(25)29(40)27(38)24(19-21-11-6-4-7-12-21)33-28(39)23(16-17-26(36)37)34-31(42)43-20-22-13-8-5-9-14-22/h4-9,11-14,23-25,27,38H,10,15-20H2,1-3H3,(H,33,39)(H,34,42)(H,36,37). The van der Waals surface area contributed by atoms with E-state index in [1.165, 1.54) is 4.90 Å². The fourth-order valence-electron chi connectivity index (χ4n) is 4.82. The molecule has 3 rings (SSSR count). The summed E-state index contributed by atoms with van der Waals surface area (Å²) in [5.41, 5.74) is 0.647. The number of aliphatic carboxylic acids is 1. The Morgan fingerprint density at radius 3 is 2.16 bits per heavy atom. The predicted octanol–water partition coefficient (Wildman–Crippen LogP) is 2.57. The van der Waals surface area contributed by atoms with Crippen LogP contribution in [0.2, 0.25) is 0 Å². The molecule has 0 bridgehead atoms. The minimum absolute atomic E-state index is 0.0362. The van der Waals surface area contributed by atoms with Crippen LogP contribution in [-0.2, 0) is 41.7 Å². The van der Waals surface area contributed by atoms with Gasteiger partial charge in [0.15, 0.2) is 6.10 Å². The second-order valence-electron chi connectivity index (χ2n) is 11.7. The van der Waals surface area contributed by atoms with Crippen molar-refractivity contribution in [3.8, 4) is 0 Å². The number of alkyl carbamates (subject to hydrolysis) is 1. The summed E-state index contributed by atoms with van der Waals surface area (Å²) in [6.07, 6.45) is -2.46. The number of rotatable bonds is 13. The number of likely N-dealkylation sites (tertiary alicyclic amines) is 1. The highest BCUT2D eigenvalue weighted by atomic mass is 16.6. The van der Waals surface area contributed by atoms with Crippen molar-refractivity contribution in [3.05, 3.63) is 71.8 Å². The molecule has 238 valence electrons. The summed E-state index contributed by atoms with van der Waals surface area (Å²) in [7, 11) is 0. The second-order valence-corrected chi connectivity index (χ2v) is 11.7. The fourth-order valence-corrected chi connectivity index (χ4v) is 4.82. The number of ether oxygens (including phenoxy) is 2. The van der Waals surface area contributed by atoms with Crippen LogP contribution < -0.4 is 10.6 Å². The normalized spacial score (nSPS) is 16.7. The number of aliphatic hydroxyl groups excluding tert-OH is 1. The largest absolute Gasteiger partial charge is 0.481 e. The number of esters is 1. The second kappa shape index (κ2) is 15.9. The van der Waals surface area contributed by atoms with Crippen molar-refractivity contribution in [2.24, 2.45) is 0 Å². The van der Waals surface area contributed by atoms with Gasteiger partial charge in [-0.2, -0.15) is 0 Å². The van der Waals surface area contributed by atoms with Gasteiger partial charge in [-0.15, -0.1) is 0 Å². The molecule has 3 amide bonds. The lowest BCUT2D eigenvalue weighted by Gasteiger charge is -2.32. The van der Waals surface area contributed by atoms with Crippen LogP contribution in [0.5, 0.6) is 0 Å². The SMILES string of the molecule is CC(C)(C)OC(=O)C1CCCN1C(=O)C(O)C(Cc1ccccc1)NC(=O)C(CCC(=O)O)NC(=O)OCc1ccccc1. The van der Waals surface area contributed by atoms with Crippen molar-refractivity contribution in [2.75, 3.05) is 6.54 Å². The molecule has 2 aromatic carbocycles. The lowest BCUT2D eigenvalue weighted by atomic mass is 9.99. The Morgan fingerprint density at radius 1 is 0.955 bits per heavy atom. The number of carboxylic acid groups (broad SMARTS) is 1. The van der Waals surface area contributed by atoms with Crippen LogP contribution in [-0.4, -0.2) is 81.3 Å². The highest BCUT2D eigenvalue weighted by Gasteiger charge is 2.41. The Hall–Kier alpha value is -4.45. The van der Waals surface area contributed by atoms with Gasteiger partial charge in [0.2, 0.25) is 5.91 Å². The number of nitrogens with one attached hydrogen (secondary N) is 2. The lowest BCUT2D eigenvalue weighted by Crippen LogP contribution is -2.58. The number of hydrogen-bond donors (Lipinski definition) is 4. The first kappa shape index (κ1) is 34.0. The number of carboxylic acids is 1. The quantitative estimate of drug-likeness (QED) is 0.249. The van der Waals surface area contributed by atoms with Crippen LogP contribution in [0.4, 0.5) is 4.79 Å². The van der Waals surface area contributed by atoms with Gasteiger partial charge in [0, 0.05) is 13.0 Å². The summed E-state index contributed by atoms with van der Waals surface area (Å²) < 4.78 is 10.7. The molecule has 2 aromatic rings. The zero-order valence-corrected chi connectivity index (χ0v) is 25.2. The van der Waals surface area contributed by atoms with Gasteiger partial charge in [-0.25, -0.2) is 9.59 Å². The van der Waals surface area contributed by atoms with Gasteiger partial charge in [0.1, 0.15) is 24.3 Å². The molecule has 4 unspecified atom stereocenters. The first-order valence-electron chi connectivity index (χ1n) is 14.6. The fraction of sp³-hybridized carbons (Fsp3) is 0.469. The Kier molecular flexibility index (Phi) is 12.3. The van der Waals surface area contributed by atoms with Crippen molar-refractivity contribution in [3.63, 3.8) is 0 Å². The molecule has 1 aliphatic rings. The smallest absolute Gasteiger partial charge is 0.408 e. The van der Waals surface area contributed by atoms with Gasteiger partial charge >= 0.3 is 18.0 Å². The number of nitrogens with zero attached hydrogens (tertiary/aromatic N) is 1. The molecule has 4 atom stereocenters. The molecule has 1 fully saturated rings. The Labute approximate surface area is 256 Å². The summed E-state index contributed by atoms with van der Waals surface area (Å²) in [5, 5.41) is 25.6. The number of benzene rings is 2. The molecular weight excluding hydrogens is 570 g/mol. The molecule has 1 aliphatic heterocycles. The Morgan fingerprint density at radius 2 is 1.57 bits per heavy atom. The van der Waals surface area contributed by atoms with E-state index in [0.717, 1.165) is 0 Å². The van der Waals surface area contributed by atoms with Crippen LogP contribution in [0.15, 0.2) is 60.7 Å². The van der Waals surface area contributed by atoms with Crippen LogP contribution in [0, 0.1) is 0 Å². The maximum atomic E-state index is 13.6. The molecule has 0 saturated carbocycles. The lowest BCUT2D eigenvalue weighted by molar-refractivity contribution is -0.165. The zero-order chi connectivity index (χ0) is 32.3. The van der Waals surface area contributed by atoms with Crippen molar-refractivity contribution in [1.29, 1.82) is 0 Å². The van der Waals surface area contributed by atoms with Crippen molar-refractivity contribution < 1.29 is 43.7 Å². The first-order valence-corrected chi connectivity index (χ1v) is 14.6. The van der Waals surface area contributed by atoms with E-state index in [2.05, 4.69) is 10.6 Å². The van der Waals surface area contributed by atoms with Crippen LogP contribution >= 0.6 is 0 Å². The predicted molar refractivity (Wildman–Crippen MR) is 159 cm³/mol. The van der Waals surface area contributed by atoms with E-state index >= 15 is 0 Å². The number of aliphatic hydroxyl groups is 1. The third kappa shape index (κ3) is 10.7. The summed E-state index contributed by atoms with van der Waals surface area (Å²) in [6, 6.07) is 14.3. The van der Waals surface area contributed by atoms with E-state index in [-0.39, 0.29) is 26.0 Å². The Balaban J connectivity index is 1.77. The van der Waals surface area contributed by atoms with E-state index in [1.807, 2.05) is 6.07 Å². The minimum Gasteiger partial charge on any atom is -0.481 e. The molecule has 0 radical (unpaired) electrons. The molecule has 12 nitrogen and oxygen atoms in total. The van der Waals surface area contributed by atoms with E-state index in [4.69, 9.17) is 9.47 Å². The van der Waals surface area contributed by atoms with E-state index < -0.39 is 66.1 Å². The topological polar surface area (TPSA) is 172 Å². The Bertz CT molecular complexity index is 1280. The average molecular weight is 612 g/mol. The molecule has 0 spiro atoms. The van der Waals surface area contributed by atoms with Gasteiger partial charge in [-0.3, -0.25) is 14.4 Å². The summed E-state index contributed by atoms with van der Waals surface area (Å²) in [6.45, 7) is 5.32. The number of hydrogen-bond acceptors (Lipinski definition) is 8. The van der Waals surface area contributed by atoms with Crippen molar-refractivity contribution in [1.82, 2.24) is 15.5 Å². The van der Waals surface area contributed by atoms with Gasteiger partial charge in [-0.05, 0) is 57.6 Å². The van der Waals surface area contributed by atoms with Gasteiger partial charge in [0.25, 0.3) is 5.91 Å². The maximum Gasteiger partial charge on any atom is 0.408 e. The molecule has 4 N–H and O–H groups in total. The van der Waals surface area contributed by atoms with E-state index in [9.17, 15) is 34.2 Å². The molecule has 0 aromatic heterocycles. The average Bonchev–Trinajstić information content (AvgIpc) is 3.47. The highest BCUT2D eigenvalue weighted by Crippen LogP contribution is 2.23. The van der Waals surface area contributed by atoms with Gasteiger partial charge in [0.05, 0.1) is 6.04 Å². The van der Waals surface area contributed by atoms with Gasteiger partial charge < -0.3 is 35.2 Å². The molecule has 1 saturated heterocycles. The minimum atomic E-state index is -1.76. The van der Waals surface area contributed by atoms with Gasteiger partial charge in [-0.1, -0.05) is 60.7 Å². The first-order chi connectivity index (χ1) is 20.8. The third-order valence-electron chi connectivity index (χ3n) is 6.94. The molecule has 12 heteroatoms. The van der Waals surface area contributed by atoms with Crippen LogP contribution in [0.3, 0.4) is 0 Å². The monoisotopic (exact) mass is 611 g/mol. The maximum absolute atomic E-state index is 13.6. The van der Waals surface area contributed by atoms with Crippen molar-refractivity contribution in [2.45, 2.75) is 89.3 Å².